The summed E-state index contributed by atoms with van der Waals surface area (Å²) in [5.41, 5.74) is -2.74. The van der Waals surface area contributed by atoms with Gasteiger partial charge in [-0.05, 0) is 6.42 Å². The van der Waals surface area contributed by atoms with E-state index in [1.165, 1.54) is 0 Å². The zero-order chi connectivity index (χ0) is 40.2. The van der Waals surface area contributed by atoms with Gasteiger partial charge in [0.25, 0.3) is 0 Å². The van der Waals surface area contributed by atoms with E-state index in [0.717, 1.165) is 0 Å². The summed E-state index contributed by atoms with van der Waals surface area (Å²) < 4.78 is 0. The van der Waals surface area contributed by atoms with Crippen molar-refractivity contribution < 1.29 is 129 Å². The first-order chi connectivity index (χ1) is 22.0. The van der Waals surface area contributed by atoms with Crippen molar-refractivity contribution in [3.63, 3.8) is 0 Å². The first kappa shape index (κ1) is 52.5. The van der Waals surface area contributed by atoms with Crippen LogP contribution in [0.2, 0.25) is 0 Å². The molecule has 0 saturated carbocycles. The molecule has 49 heavy (non-hydrogen) atoms. The average molecular weight is 726 g/mol. The molecule has 3 unspecified atom stereocenters. The summed E-state index contributed by atoms with van der Waals surface area (Å²) in [7, 11) is 0. The number of aliphatic hydroxyl groups is 4. The molecule has 0 aromatic rings. The lowest BCUT2D eigenvalue weighted by Gasteiger charge is -2.18. The van der Waals surface area contributed by atoms with Crippen LogP contribution < -0.4 is 0 Å². The summed E-state index contributed by atoms with van der Waals surface area (Å²) in [6, 6.07) is 0. The molecular formula is C23H34O26. The lowest BCUT2D eigenvalue weighted by atomic mass is 9.96. The summed E-state index contributed by atoms with van der Waals surface area (Å²) in [4.78, 5) is 108. The second-order valence-electron chi connectivity index (χ2n) is 8.42. The predicted molar refractivity (Wildman–Crippen MR) is 144 cm³/mol. The molecule has 0 saturated heterocycles. The normalized spacial score (nSPS) is 11.4. The minimum atomic E-state index is -2.74. The van der Waals surface area contributed by atoms with Gasteiger partial charge in [0.15, 0.2) is 23.9 Å². The van der Waals surface area contributed by atoms with Gasteiger partial charge >= 0.3 is 65.7 Å². The molecule has 0 aromatic carbocycles. The van der Waals surface area contributed by atoms with E-state index in [0.29, 0.717) is 0 Å². The van der Waals surface area contributed by atoms with Crippen molar-refractivity contribution >= 4 is 65.7 Å². The van der Waals surface area contributed by atoms with E-state index in [4.69, 9.17) is 76.6 Å². The molecule has 0 aromatic heterocycles. The fourth-order valence-corrected chi connectivity index (χ4v) is 1.84. The van der Waals surface area contributed by atoms with Gasteiger partial charge in [-0.3, -0.25) is 33.6 Å². The van der Waals surface area contributed by atoms with Crippen molar-refractivity contribution in [3.05, 3.63) is 0 Å². The Bertz CT molecular complexity index is 1090. The van der Waals surface area contributed by atoms with Gasteiger partial charge in [-0.25, -0.2) is 19.2 Å². The first-order valence-electron chi connectivity index (χ1n) is 12.2. The molecule has 0 aliphatic heterocycles. The number of carboxylic acid groups (broad SMARTS) is 11. The SMILES string of the molecule is O=C(O)C(O)C(O)C(=O)O.O=C(O)CC(O)(CC(=O)O)C(=O)O.O=C(O)CC(O)C(=O)O.O=C(O)CCC(=O)O.O=C(O)CCCC(=O)O. The summed E-state index contributed by atoms with van der Waals surface area (Å²) >= 11 is 0. The molecule has 15 N–H and O–H groups in total. The van der Waals surface area contributed by atoms with Crippen LogP contribution in [0.4, 0.5) is 0 Å². The van der Waals surface area contributed by atoms with Gasteiger partial charge in [-0.15, -0.1) is 0 Å². The van der Waals surface area contributed by atoms with Crippen LogP contribution in [-0.4, -0.2) is 166 Å². The van der Waals surface area contributed by atoms with Crippen LogP contribution in [0.3, 0.4) is 0 Å². The lowest BCUT2D eigenvalue weighted by Crippen LogP contribution is -2.42. The monoisotopic (exact) mass is 726 g/mol. The van der Waals surface area contributed by atoms with Crippen LogP contribution in [0.15, 0.2) is 0 Å². The number of carbonyl (C=O) groups is 11. The number of carboxylic acids is 11. The van der Waals surface area contributed by atoms with Gasteiger partial charge in [-0.1, -0.05) is 0 Å². The van der Waals surface area contributed by atoms with Crippen LogP contribution in [0.5, 0.6) is 0 Å². The molecule has 3 atom stereocenters. The third-order valence-electron chi connectivity index (χ3n) is 4.08. The maximum absolute atomic E-state index is 10.3. The lowest BCUT2D eigenvalue weighted by molar-refractivity contribution is -0.170. The standard InChI is InChI=1S/C6H8O7.C5H8O4.C4H6O6.C4H6O5.C4H6O4/c7-3(8)1-6(13,5(11)12)2-4(9)10;6-4(7)2-1-3-5(8)9;5-1(3(7)8)2(6)4(9)10;5-2(4(8)9)1-3(6)7;5-3(6)1-2-4(7)8/h13H,1-2H2,(H,7,8)(H,9,10)(H,11,12);1-3H2,(H,6,7)(H,8,9);1-2,5-6H,(H,7,8)(H,9,10);2,5H,1H2,(H,6,7)(H,8,9);1-2H2,(H,5,6)(H,7,8). The molecule has 0 rings (SSSR count). The topological polar surface area (TPSA) is 491 Å². The fraction of sp³-hybridized carbons (Fsp3) is 0.522. The van der Waals surface area contributed by atoms with Gasteiger partial charge in [-0.2, -0.15) is 0 Å². The number of rotatable bonds is 18. The van der Waals surface area contributed by atoms with Gasteiger partial charge in [0.1, 0.15) is 0 Å². The molecule has 26 heteroatoms. The van der Waals surface area contributed by atoms with E-state index < -0.39 is 109 Å². The summed E-state index contributed by atoms with van der Waals surface area (Å²) in [6.07, 6.45) is -9.87. The van der Waals surface area contributed by atoms with Crippen LogP contribution in [0, 0.1) is 0 Å². The molecule has 0 radical (unpaired) electrons. The molecule has 0 fully saturated rings. The summed E-state index contributed by atoms with van der Waals surface area (Å²) in [5, 5.41) is 122. The Hall–Kier alpha value is -5.99. The van der Waals surface area contributed by atoms with E-state index in [1.807, 2.05) is 0 Å². The molecule has 0 bridgehead atoms. The average Bonchev–Trinajstić information content (AvgIpc) is 2.90. The predicted octanol–water partition coefficient (Wildman–Crippen LogP) is -4.20. The minimum absolute atomic E-state index is 0.0632. The largest absolute Gasteiger partial charge is 0.481 e. The second-order valence-corrected chi connectivity index (χ2v) is 8.42. The van der Waals surface area contributed by atoms with Gasteiger partial charge in [0.2, 0.25) is 0 Å². The first-order valence-corrected chi connectivity index (χ1v) is 12.2. The van der Waals surface area contributed by atoms with Gasteiger partial charge < -0.3 is 76.6 Å². The Labute approximate surface area is 270 Å². The Morgan fingerprint density at radius 1 is 0.408 bits per heavy atom. The Kier molecular flexibility index (Phi) is 30.3. The zero-order valence-electron chi connectivity index (χ0n) is 24.6. The van der Waals surface area contributed by atoms with Crippen molar-refractivity contribution in [2.24, 2.45) is 0 Å². The molecule has 0 aliphatic rings. The van der Waals surface area contributed by atoms with Crippen molar-refractivity contribution in [2.75, 3.05) is 0 Å². The second kappa shape index (κ2) is 28.3. The number of hydrogen-bond donors (Lipinski definition) is 15. The Morgan fingerprint density at radius 3 is 0.837 bits per heavy atom. The van der Waals surface area contributed by atoms with Gasteiger partial charge in [0.05, 0.1) is 32.1 Å². The number of hydrogen-bond acceptors (Lipinski definition) is 15. The highest BCUT2D eigenvalue weighted by Gasteiger charge is 2.40. The van der Waals surface area contributed by atoms with Crippen LogP contribution in [-0.2, 0) is 52.7 Å². The molecule has 0 aliphatic carbocycles. The fourth-order valence-electron chi connectivity index (χ4n) is 1.84. The molecule has 0 amide bonds. The third kappa shape index (κ3) is 40.0. The molecule has 26 nitrogen and oxygen atoms in total. The third-order valence-corrected chi connectivity index (χ3v) is 4.08. The quantitative estimate of drug-likeness (QED) is 0.0636. The highest BCUT2D eigenvalue weighted by Crippen LogP contribution is 2.15. The van der Waals surface area contributed by atoms with E-state index >= 15 is 0 Å². The zero-order valence-corrected chi connectivity index (χ0v) is 24.6. The van der Waals surface area contributed by atoms with Crippen LogP contribution in [0.25, 0.3) is 0 Å². The van der Waals surface area contributed by atoms with E-state index in [1.54, 1.807) is 0 Å². The molecule has 282 valence electrons. The van der Waals surface area contributed by atoms with Crippen LogP contribution >= 0.6 is 0 Å². The number of aliphatic carboxylic acids is 11. The van der Waals surface area contributed by atoms with E-state index in [9.17, 15) is 52.7 Å². The Morgan fingerprint density at radius 2 is 0.694 bits per heavy atom. The van der Waals surface area contributed by atoms with Crippen LogP contribution in [0.1, 0.15) is 51.4 Å². The van der Waals surface area contributed by atoms with Crippen molar-refractivity contribution in [1.82, 2.24) is 0 Å². The van der Waals surface area contributed by atoms with Gasteiger partial charge in [0, 0.05) is 12.8 Å². The smallest absolute Gasteiger partial charge is 0.336 e. The van der Waals surface area contributed by atoms with E-state index in [-0.39, 0.29) is 32.1 Å². The number of aliphatic hydroxyl groups excluding tert-OH is 3. The van der Waals surface area contributed by atoms with Crippen molar-refractivity contribution in [2.45, 2.75) is 75.3 Å². The molecule has 0 heterocycles. The Balaban J connectivity index is -0.000000166. The highest BCUT2D eigenvalue weighted by molar-refractivity contribution is 5.88. The van der Waals surface area contributed by atoms with Crippen molar-refractivity contribution in [1.29, 1.82) is 0 Å². The van der Waals surface area contributed by atoms with E-state index in [2.05, 4.69) is 0 Å². The maximum atomic E-state index is 10.3. The highest BCUT2D eigenvalue weighted by atomic mass is 16.4. The molecule has 0 spiro atoms. The summed E-state index contributed by atoms with van der Waals surface area (Å²) in [6.45, 7) is 0. The molecular weight excluding hydrogens is 692 g/mol. The van der Waals surface area contributed by atoms with Crippen molar-refractivity contribution in [3.8, 4) is 0 Å². The maximum Gasteiger partial charge on any atom is 0.336 e. The minimum Gasteiger partial charge on any atom is -0.481 e. The summed E-state index contributed by atoms with van der Waals surface area (Å²) in [5.74, 6) is -15.4.